The second-order valence-corrected chi connectivity index (χ2v) is 4.24. The van der Waals surface area contributed by atoms with Crippen LogP contribution in [0.5, 0.6) is 0 Å². The van der Waals surface area contributed by atoms with Gasteiger partial charge in [-0.25, -0.2) is 0 Å². The normalized spacial score (nSPS) is 14.8. The molecule has 0 aliphatic heterocycles. The molecule has 0 saturated carbocycles. The minimum absolute atomic E-state index is 0.0342. The number of benzene rings is 1. The van der Waals surface area contributed by atoms with Gasteiger partial charge in [0.25, 0.3) is 0 Å². The van der Waals surface area contributed by atoms with E-state index < -0.39 is 0 Å². The first kappa shape index (κ1) is 13.5. The molecule has 0 bridgehead atoms. The Morgan fingerprint density at radius 1 is 1.50 bits per heavy atom. The van der Waals surface area contributed by atoms with Crippen molar-refractivity contribution in [2.24, 2.45) is 5.84 Å². The van der Waals surface area contributed by atoms with Crippen molar-refractivity contribution in [3.8, 4) is 0 Å². The van der Waals surface area contributed by atoms with E-state index in [2.05, 4.69) is 12.3 Å². The summed E-state index contributed by atoms with van der Waals surface area (Å²) >= 11 is 6.10. The van der Waals surface area contributed by atoms with Crippen molar-refractivity contribution in [3.63, 3.8) is 0 Å². The molecule has 0 fully saturated rings. The molecule has 0 aromatic heterocycles. The lowest BCUT2D eigenvalue weighted by Crippen LogP contribution is -2.37. The molecule has 0 spiro atoms. The lowest BCUT2D eigenvalue weighted by Gasteiger charge is -2.25. The van der Waals surface area contributed by atoms with E-state index in [0.717, 1.165) is 22.6 Å². The predicted octanol–water partition coefficient (Wildman–Crippen LogP) is 2.58. The highest BCUT2D eigenvalue weighted by Gasteiger charge is 2.20. The Bertz CT molecular complexity index is 340. The Morgan fingerprint density at radius 3 is 2.62 bits per heavy atom. The van der Waals surface area contributed by atoms with E-state index in [-0.39, 0.29) is 12.1 Å². The average molecular weight is 243 g/mol. The Hall–Kier alpha value is -0.610. The highest BCUT2D eigenvalue weighted by molar-refractivity contribution is 6.31. The third-order valence-corrected chi connectivity index (χ3v) is 3.22. The summed E-state index contributed by atoms with van der Waals surface area (Å²) in [5, 5.41) is 0.753. The van der Waals surface area contributed by atoms with Gasteiger partial charge in [-0.1, -0.05) is 30.7 Å². The van der Waals surface area contributed by atoms with Crippen molar-refractivity contribution in [1.29, 1.82) is 0 Å². The van der Waals surface area contributed by atoms with E-state index >= 15 is 0 Å². The second kappa shape index (κ2) is 6.21. The summed E-state index contributed by atoms with van der Waals surface area (Å²) in [5.41, 5.74) is 4.89. The first-order valence-electron chi connectivity index (χ1n) is 5.39. The van der Waals surface area contributed by atoms with Gasteiger partial charge in [0, 0.05) is 12.1 Å². The zero-order valence-corrected chi connectivity index (χ0v) is 10.7. The van der Waals surface area contributed by atoms with Crippen LogP contribution in [-0.2, 0) is 4.74 Å². The van der Waals surface area contributed by atoms with E-state index in [4.69, 9.17) is 22.2 Å². The molecule has 2 unspecified atom stereocenters. The lowest BCUT2D eigenvalue weighted by atomic mass is 9.99. The molecule has 16 heavy (non-hydrogen) atoms. The SMILES string of the molecule is CCC(OC)C(NN)c1ccc(C)c(Cl)c1. The Labute approximate surface area is 102 Å². The Morgan fingerprint density at radius 2 is 2.19 bits per heavy atom. The van der Waals surface area contributed by atoms with E-state index in [9.17, 15) is 0 Å². The van der Waals surface area contributed by atoms with Crippen molar-refractivity contribution in [1.82, 2.24) is 5.43 Å². The fraction of sp³-hybridized carbons (Fsp3) is 0.500. The molecule has 3 nitrogen and oxygen atoms in total. The molecule has 1 rings (SSSR count). The molecule has 3 N–H and O–H groups in total. The van der Waals surface area contributed by atoms with Gasteiger partial charge in [0.05, 0.1) is 12.1 Å². The monoisotopic (exact) mass is 242 g/mol. The third-order valence-electron chi connectivity index (χ3n) is 2.81. The molecule has 0 saturated heterocycles. The van der Waals surface area contributed by atoms with Gasteiger partial charge in [-0.05, 0) is 30.5 Å². The Balaban J connectivity index is 2.98. The quantitative estimate of drug-likeness (QED) is 0.616. The van der Waals surface area contributed by atoms with E-state index in [1.807, 2.05) is 25.1 Å². The molecule has 0 amide bonds. The molecule has 4 heteroatoms. The molecule has 0 aliphatic rings. The van der Waals surface area contributed by atoms with Crippen LogP contribution in [0.25, 0.3) is 0 Å². The maximum Gasteiger partial charge on any atom is 0.0776 e. The average Bonchev–Trinajstić information content (AvgIpc) is 2.29. The first-order valence-corrected chi connectivity index (χ1v) is 5.76. The van der Waals surface area contributed by atoms with Crippen LogP contribution in [0.15, 0.2) is 18.2 Å². The summed E-state index contributed by atoms with van der Waals surface area (Å²) in [6.45, 7) is 4.04. The highest BCUT2D eigenvalue weighted by Crippen LogP contribution is 2.25. The molecule has 2 atom stereocenters. The van der Waals surface area contributed by atoms with Gasteiger partial charge >= 0.3 is 0 Å². The summed E-state index contributed by atoms with van der Waals surface area (Å²) in [6.07, 6.45) is 0.931. The predicted molar refractivity (Wildman–Crippen MR) is 67.3 cm³/mol. The van der Waals surface area contributed by atoms with Gasteiger partial charge in [-0.15, -0.1) is 0 Å². The highest BCUT2D eigenvalue weighted by atomic mass is 35.5. The largest absolute Gasteiger partial charge is 0.379 e. The van der Waals surface area contributed by atoms with Crippen molar-refractivity contribution in [2.75, 3.05) is 7.11 Å². The van der Waals surface area contributed by atoms with Crippen LogP contribution in [-0.4, -0.2) is 13.2 Å². The number of nitrogens with one attached hydrogen (secondary N) is 1. The zero-order chi connectivity index (χ0) is 12.1. The second-order valence-electron chi connectivity index (χ2n) is 3.84. The standard InChI is InChI=1S/C12H19ClN2O/c1-4-11(16-3)12(15-14)9-6-5-8(2)10(13)7-9/h5-7,11-12,15H,4,14H2,1-3H3. The lowest BCUT2D eigenvalue weighted by molar-refractivity contribution is 0.0651. The van der Waals surface area contributed by atoms with Crippen LogP contribution in [0.3, 0.4) is 0 Å². The molecule has 0 radical (unpaired) electrons. The molecule has 90 valence electrons. The summed E-state index contributed by atoms with van der Waals surface area (Å²) in [5.74, 6) is 5.57. The minimum Gasteiger partial charge on any atom is -0.379 e. The molecule has 1 aromatic carbocycles. The van der Waals surface area contributed by atoms with Gasteiger partial charge in [-0.2, -0.15) is 0 Å². The fourth-order valence-corrected chi connectivity index (χ4v) is 1.95. The smallest absolute Gasteiger partial charge is 0.0776 e. The van der Waals surface area contributed by atoms with Crippen molar-refractivity contribution < 1.29 is 4.74 Å². The minimum atomic E-state index is -0.0342. The van der Waals surface area contributed by atoms with Crippen LogP contribution in [0.4, 0.5) is 0 Å². The number of hydrogen-bond acceptors (Lipinski definition) is 3. The number of methoxy groups -OCH3 is 1. The fourth-order valence-electron chi connectivity index (χ4n) is 1.76. The van der Waals surface area contributed by atoms with E-state index in [0.29, 0.717) is 0 Å². The van der Waals surface area contributed by atoms with Crippen molar-refractivity contribution >= 4 is 11.6 Å². The third kappa shape index (κ3) is 2.95. The first-order chi connectivity index (χ1) is 7.63. The van der Waals surface area contributed by atoms with Crippen molar-refractivity contribution in [3.05, 3.63) is 34.3 Å². The van der Waals surface area contributed by atoms with Crippen LogP contribution in [0, 0.1) is 6.92 Å². The number of rotatable bonds is 5. The number of ether oxygens (including phenoxy) is 1. The van der Waals surface area contributed by atoms with Gasteiger partial charge in [-0.3, -0.25) is 11.3 Å². The van der Waals surface area contributed by atoms with Crippen LogP contribution in [0.2, 0.25) is 5.02 Å². The summed E-state index contributed by atoms with van der Waals surface area (Å²) < 4.78 is 5.39. The summed E-state index contributed by atoms with van der Waals surface area (Å²) in [6, 6.07) is 5.91. The van der Waals surface area contributed by atoms with Gasteiger partial charge < -0.3 is 4.74 Å². The molecule has 0 heterocycles. The number of hydrazine groups is 1. The number of aryl methyl sites for hydroxylation is 1. The number of hydrogen-bond donors (Lipinski definition) is 2. The maximum absolute atomic E-state index is 6.10. The van der Waals surface area contributed by atoms with Crippen LogP contribution >= 0.6 is 11.6 Å². The Kier molecular flexibility index (Phi) is 5.22. The summed E-state index contributed by atoms with van der Waals surface area (Å²) in [4.78, 5) is 0. The van der Waals surface area contributed by atoms with E-state index in [1.165, 1.54) is 0 Å². The summed E-state index contributed by atoms with van der Waals surface area (Å²) in [7, 11) is 1.69. The molecule has 1 aromatic rings. The molecular formula is C12H19ClN2O. The zero-order valence-electron chi connectivity index (χ0n) is 9.96. The van der Waals surface area contributed by atoms with Crippen LogP contribution in [0.1, 0.15) is 30.5 Å². The molecule has 0 aliphatic carbocycles. The number of halogens is 1. The van der Waals surface area contributed by atoms with Gasteiger partial charge in [0.1, 0.15) is 0 Å². The molecular weight excluding hydrogens is 224 g/mol. The maximum atomic E-state index is 6.10. The van der Waals surface area contributed by atoms with Crippen LogP contribution < -0.4 is 11.3 Å². The topological polar surface area (TPSA) is 47.3 Å². The van der Waals surface area contributed by atoms with Crippen molar-refractivity contribution in [2.45, 2.75) is 32.4 Å². The van der Waals surface area contributed by atoms with Gasteiger partial charge in [0.2, 0.25) is 0 Å². The van der Waals surface area contributed by atoms with E-state index in [1.54, 1.807) is 7.11 Å². The number of nitrogens with two attached hydrogens (primary N) is 1. The van der Waals surface area contributed by atoms with Gasteiger partial charge in [0.15, 0.2) is 0 Å².